The minimum Gasteiger partial charge on any atom is -0.502 e. The maximum Gasteiger partial charge on any atom is 0.310 e. The lowest BCUT2D eigenvalue weighted by Gasteiger charge is -2.25. The van der Waals surface area contributed by atoms with Gasteiger partial charge in [-0.15, -0.1) is 0 Å². The molecule has 2 aromatic carbocycles. The molecule has 6 N–H and O–H groups in total. The van der Waals surface area contributed by atoms with Crippen molar-refractivity contribution in [2.75, 3.05) is 6.54 Å². The number of benzene rings is 2. The Morgan fingerprint density at radius 3 is 2.33 bits per heavy atom. The van der Waals surface area contributed by atoms with Crippen molar-refractivity contribution in [1.29, 1.82) is 0 Å². The van der Waals surface area contributed by atoms with Crippen molar-refractivity contribution in [3.8, 4) is 5.75 Å². The molecule has 1 saturated heterocycles. The summed E-state index contributed by atoms with van der Waals surface area (Å²) in [7, 11) is 0. The number of pyridine rings is 1. The number of fused-ring (bicyclic) bond motifs is 1. The third-order valence-corrected chi connectivity index (χ3v) is 7.88. The van der Waals surface area contributed by atoms with Gasteiger partial charge in [-0.3, -0.25) is 34.3 Å². The Hall–Kier alpha value is -5.37. The zero-order chi connectivity index (χ0) is 32.1. The highest BCUT2D eigenvalue weighted by atomic mass is 16.6. The Labute approximate surface area is 257 Å². The van der Waals surface area contributed by atoms with E-state index in [4.69, 9.17) is 10.5 Å². The topological polar surface area (TPSA) is 219 Å². The van der Waals surface area contributed by atoms with Gasteiger partial charge in [0, 0.05) is 37.3 Å². The van der Waals surface area contributed by atoms with Crippen molar-refractivity contribution in [2.24, 2.45) is 11.7 Å². The highest BCUT2D eigenvalue weighted by Gasteiger charge is 2.51. The molecule has 2 heterocycles. The van der Waals surface area contributed by atoms with Crippen LogP contribution >= 0.6 is 0 Å². The van der Waals surface area contributed by atoms with Gasteiger partial charge in [0.15, 0.2) is 18.0 Å². The number of nitrogens with one attached hydrogen (secondary N) is 3. The van der Waals surface area contributed by atoms with E-state index >= 15 is 0 Å². The molecule has 14 nitrogen and oxygen atoms in total. The molecular weight excluding hydrogens is 584 g/mol. The number of phenolic OH excluding ortho intramolecular Hbond substituents is 1. The number of hydrogen-bond donors (Lipinski definition) is 5. The van der Waals surface area contributed by atoms with Gasteiger partial charge in [-0.05, 0) is 53.6 Å². The van der Waals surface area contributed by atoms with E-state index in [0.717, 1.165) is 29.0 Å². The molecule has 4 amide bonds. The highest BCUT2D eigenvalue weighted by Crippen LogP contribution is 2.30. The average Bonchev–Trinajstić information content (AvgIpc) is 3.72. The van der Waals surface area contributed by atoms with Crippen molar-refractivity contribution in [3.63, 3.8) is 0 Å². The lowest BCUT2D eigenvalue weighted by Crippen LogP contribution is -2.56. The number of epoxide rings is 1. The third kappa shape index (κ3) is 7.59. The summed E-state index contributed by atoms with van der Waals surface area (Å²) in [4.78, 5) is 66.6. The number of nitro benzene ring substituents is 1. The molecule has 5 rings (SSSR count). The first-order valence-corrected chi connectivity index (χ1v) is 14.4. The predicted octanol–water partition coefficient (Wildman–Crippen LogP) is 0.234. The van der Waals surface area contributed by atoms with Crippen LogP contribution in [0.3, 0.4) is 0 Å². The first-order chi connectivity index (χ1) is 21.6. The molecule has 45 heavy (non-hydrogen) atoms. The fourth-order valence-corrected chi connectivity index (χ4v) is 5.52. The first-order valence-electron chi connectivity index (χ1n) is 14.4. The summed E-state index contributed by atoms with van der Waals surface area (Å²) >= 11 is 0. The van der Waals surface area contributed by atoms with Crippen LogP contribution in [0.4, 0.5) is 5.69 Å². The van der Waals surface area contributed by atoms with Crippen LogP contribution < -0.4 is 21.7 Å². The van der Waals surface area contributed by atoms with Gasteiger partial charge in [-0.1, -0.05) is 36.4 Å². The molecule has 4 atom stereocenters. The van der Waals surface area contributed by atoms with E-state index in [0.29, 0.717) is 19.3 Å². The summed E-state index contributed by atoms with van der Waals surface area (Å²) < 4.78 is 5.31. The number of carbonyl (C=O) groups is 4. The van der Waals surface area contributed by atoms with Gasteiger partial charge >= 0.3 is 5.69 Å². The molecule has 0 bridgehead atoms. The molecule has 0 radical (unpaired) electrons. The summed E-state index contributed by atoms with van der Waals surface area (Å²) in [6.07, 6.45) is 0.676. The number of amides is 4. The van der Waals surface area contributed by atoms with Crippen molar-refractivity contribution in [2.45, 2.75) is 50.0 Å². The minimum atomic E-state index is -1.33. The van der Waals surface area contributed by atoms with Crippen molar-refractivity contribution in [3.05, 3.63) is 99.4 Å². The van der Waals surface area contributed by atoms with Gasteiger partial charge < -0.3 is 31.5 Å². The van der Waals surface area contributed by atoms with Crippen LogP contribution in [0, 0.1) is 16.0 Å². The number of phenols is 1. The van der Waals surface area contributed by atoms with Crippen LogP contribution in [0.1, 0.15) is 22.4 Å². The van der Waals surface area contributed by atoms with E-state index in [1.807, 2.05) is 36.4 Å². The molecule has 0 unspecified atom stereocenters. The van der Waals surface area contributed by atoms with Gasteiger partial charge in [0.05, 0.1) is 4.92 Å². The molecule has 0 saturated carbocycles. The van der Waals surface area contributed by atoms with Crippen LogP contribution in [0.15, 0.2) is 66.9 Å². The summed E-state index contributed by atoms with van der Waals surface area (Å²) in [5.74, 6) is -3.64. The number of primary amides is 1. The number of aromatic hydroxyl groups is 1. The molecule has 1 aliphatic heterocycles. The molecule has 1 aromatic heterocycles. The molecule has 1 aliphatic carbocycles. The third-order valence-electron chi connectivity index (χ3n) is 7.88. The molecule has 0 spiro atoms. The van der Waals surface area contributed by atoms with Crippen molar-refractivity contribution >= 4 is 29.3 Å². The maximum atomic E-state index is 13.6. The maximum absolute atomic E-state index is 13.6. The fourth-order valence-electron chi connectivity index (χ4n) is 5.52. The number of rotatable bonds is 13. The standard InChI is InChI=1S/C31H32N6O8/c32-28(39)25(20-15-18-5-1-2-6-19(18)16-20)36-29(40)22(13-17-8-9-24(38)23(14-17)37(43)44)35-31(42)27-26(45-27)30(41)34-12-10-21-7-3-4-11-33-21/h1-9,11,14,20,22,25-27,38H,10,12-13,15-16H2,(H2,32,39)(H,34,41)(H,35,42)(H,36,40)/t22-,25-,26+,27+/m1/s1. The van der Waals surface area contributed by atoms with Gasteiger partial charge in [0.25, 0.3) is 11.8 Å². The lowest BCUT2D eigenvalue weighted by atomic mass is 9.95. The Balaban J connectivity index is 1.26. The van der Waals surface area contributed by atoms with Crippen molar-refractivity contribution < 1.29 is 33.9 Å². The van der Waals surface area contributed by atoms with Crippen LogP contribution in [0.5, 0.6) is 5.75 Å². The number of carbonyl (C=O) groups excluding carboxylic acids is 4. The number of hydrogen-bond acceptors (Lipinski definition) is 9. The second-order valence-electron chi connectivity index (χ2n) is 11.0. The Morgan fingerprint density at radius 1 is 1.00 bits per heavy atom. The monoisotopic (exact) mass is 616 g/mol. The van der Waals surface area contributed by atoms with Crippen LogP contribution in [0.25, 0.3) is 0 Å². The van der Waals surface area contributed by atoms with Crippen LogP contribution in [-0.2, 0) is 49.6 Å². The SMILES string of the molecule is NC(=O)[C@H](NC(=O)[C@@H](Cc1ccc(O)c([N+](=O)[O-])c1)NC(=O)[C@H]1O[C@@H]1C(=O)NCCc1ccccn1)C1Cc2ccccc2C1. The summed E-state index contributed by atoms with van der Waals surface area (Å²) in [6, 6.07) is 14.3. The molecule has 3 aromatic rings. The number of nitro groups is 1. The van der Waals surface area contributed by atoms with E-state index in [1.54, 1.807) is 12.3 Å². The Bertz CT molecular complexity index is 1590. The number of ether oxygens (including phenoxy) is 1. The Morgan fingerprint density at radius 2 is 1.69 bits per heavy atom. The summed E-state index contributed by atoms with van der Waals surface area (Å²) in [5.41, 5.74) is 8.24. The highest BCUT2D eigenvalue weighted by molar-refractivity contribution is 5.98. The molecule has 1 fully saturated rings. The second-order valence-corrected chi connectivity index (χ2v) is 11.0. The smallest absolute Gasteiger partial charge is 0.310 e. The van der Waals surface area contributed by atoms with E-state index in [1.165, 1.54) is 6.07 Å². The molecule has 2 aliphatic rings. The second kappa shape index (κ2) is 13.5. The van der Waals surface area contributed by atoms with E-state index in [9.17, 15) is 34.4 Å². The number of nitrogens with two attached hydrogens (primary N) is 1. The van der Waals surface area contributed by atoms with Gasteiger partial charge in [0.2, 0.25) is 11.8 Å². The molecule has 234 valence electrons. The first kappa shape index (κ1) is 31.1. The predicted molar refractivity (Wildman–Crippen MR) is 158 cm³/mol. The quantitative estimate of drug-likeness (QED) is 0.101. The van der Waals surface area contributed by atoms with E-state index in [2.05, 4.69) is 20.9 Å². The fraction of sp³-hybridized carbons (Fsp3) is 0.323. The largest absolute Gasteiger partial charge is 0.502 e. The average molecular weight is 617 g/mol. The lowest BCUT2D eigenvalue weighted by molar-refractivity contribution is -0.385. The molecule has 14 heteroatoms. The van der Waals surface area contributed by atoms with Crippen molar-refractivity contribution in [1.82, 2.24) is 20.9 Å². The van der Waals surface area contributed by atoms with Crippen LogP contribution in [0.2, 0.25) is 0 Å². The summed E-state index contributed by atoms with van der Waals surface area (Å²) in [5, 5.41) is 29.1. The summed E-state index contributed by atoms with van der Waals surface area (Å²) in [6.45, 7) is 0.272. The van der Waals surface area contributed by atoms with E-state index in [-0.39, 0.29) is 24.4 Å². The van der Waals surface area contributed by atoms with Gasteiger partial charge in [-0.25, -0.2) is 0 Å². The van der Waals surface area contributed by atoms with Gasteiger partial charge in [0.1, 0.15) is 12.1 Å². The normalized spacial score (nSPS) is 18.2. The number of aromatic nitrogens is 1. The van der Waals surface area contributed by atoms with Gasteiger partial charge in [-0.2, -0.15) is 0 Å². The zero-order valence-corrected chi connectivity index (χ0v) is 24.0. The zero-order valence-electron chi connectivity index (χ0n) is 24.0. The minimum absolute atomic E-state index is 0.233. The van der Waals surface area contributed by atoms with Crippen LogP contribution in [-0.4, -0.2) is 69.5 Å². The molecular formula is C31H32N6O8. The Kier molecular flexibility index (Phi) is 9.33. The van der Waals surface area contributed by atoms with E-state index < -0.39 is 64.3 Å². The number of nitrogens with zero attached hydrogens (tertiary/aromatic N) is 2.